The fourth-order valence-corrected chi connectivity index (χ4v) is 3.97. The molecule has 52 valence electrons. The first-order valence-corrected chi connectivity index (χ1v) is 5.40. The lowest BCUT2D eigenvalue weighted by Gasteiger charge is -2.20. The van der Waals surface area contributed by atoms with Crippen LogP contribution in [0.3, 0.4) is 0 Å². The van der Waals surface area contributed by atoms with Crippen molar-refractivity contribution in [1.29, 1.82) is 0 Å². The van der Waals surface area contributed by atoms with E-state index in [1.807, 2.05) is 0 Å². The van der Waals surface area contributed by atoms with E-state index in [-0.39, 0.29) is 0 Å². The average molecular weight is 254 g/mol. The number of rotatable bonds is 0. The Bertz CT molecular complexity index is 106. The van der Waals surface area contributed by atoms with Gasteiger partial charge < -0.3 is 0 Å². The molecule has 0 aliphatic heterocycles. The van der Waals surface area contributed by atoms with Gasteiger partial charge in [-0.2, -0.15) is 0 Å². The molecule has 0 spiro atoms. The Labute approximate surface area is 72.7 Å². The molecule has 2 heteroatoms. The fraction of sp³-hybridized carbons (Fsp3) is 1.00. The first-order chi connectivity index (χ1) is 4.29. The molecule has 0 amide bonds. The molecular weight excluding hydrogens is 244 g/mol. The highest BCUT2D eigenvalue weighted by molar-refractivity contribution is 9.12. The van der Waals surface area contributed by atoms with Crippen LogP contribution in [0.4, 0.5) is 0 Å². The molecule has 9 heavy (non-hydrogen) atoms. The molecule has 4 atom stereocenters. The van der Waals surface area contributed by atoms with Crippen molar-refractivity contribution in [3.8, 4) is 0 Å². The highest BCUT2D eigenvalue weighted by Gasteiger charge is 2.44. The number of hydrogen-bond acceptors (Lipinski definition) is 0. The van der Waals surface area contributed by atoms with Crippen molar-refractivity contribution in [2.24, 2.45) is 11.8 Å². The van der Waals surface area contributed by atoms with Crippen molar-refractivity contribution < 1.29 is 0 Å². The smallest absolute Gasteiger partial charge is 0.0302 e. The van der Waals surface area contributed by atoms with E-state index in [2.05, 4.69) is 31.9 Å². The first-order valence-electron chi connectivity index (χ1n) is 3.57. The maximum absolute atomic E-state index is 3.71. The van der Waals surface area contributed by atoms with Gasteiger partial charge in [-0.3, -0.25) is 0 Å². The summed E-state index contributed by atoms with van der Waals surface area (Å²) in [5.41, 5.74) is 0. The average Bonchev–Trinajstić information content (AvgIpc) is 2.37. The maximum Gasteiger partial charge on any atom is 0.0302 e. The van der Waals surface area contributed by atoms with Crippen molar-refractivity contribution in [2.45, 2.75) is 28.9 Å². The summed E-state index contributed by atoms with van der Waals surface area (Å²) in [6.45, 7) is 0. The van der Waals surface area contributed by atoms with Gasteiger partial charge in [0.25, 0.3) is 0 Å². The van der Waals surface area contributed by atoms with Gasteiger partial charge in [-0.1, -0.05) is 31.9 Å². The number of fused-ring (bicyclic) bond motifs is 2. The van der Waals surface area contributed by atoms with E-state index in [0.29, 0.717) is 0 Å². The molecule has 0 aromatic rings. The Hall–Kier alpha value is 0.960. The summed E-state index contributed by atoms with van der Waals surface area (Å²) in [6.07, 6.45) is 4.39. The van der Waals surface area contributed by atoms with Crippen LogP contribution in [0.5, 0.6) is 0 Å². The van der Waals surface area contributed by atoms with E-state index >= 15 is 0 Å². The van der Waals surface area contributed by atoms with Crippen LogP contribution in [0.15, 0.2) is 0 Å². The van der Waals surface area contributed by atoms with Crippen LogP contribution in [0.25, 0.3) is 0 Å². The molecule has 0 radical (unpaired) electrons. The molecule has 2 rings (SSSR count). The van der Waals surface area contributed by atoms with Gasteiger partial charge in [-0.15, -0.1) is 0 Å². The van der Waals surface area contributed by atoms with Crippen molar-refractivity contribution in [3.63, 3.8) is 0 Å². The number of hydrogen-bond donors (Lipinski definition) is 0. The Kier molecular flexibility index (Phi) is 1.65. The lowest BCUT2D eigenvalue weighted by Crippen LogP contribution is -2.21. The van der Waals surface area contributed by atoms with Crippen LogP contribution in [0.2, 0.25) is 0 Å². The van der Waals surface area contributed by atoms with Gasteiger partial charge in [0.2, 0.25) is 0 Å². The monoisotopic (exact) mass is 252 g/mol. The van der Waals surface area contributed by atoms with Gasteiger partial charge in [0.15, 0.2) is 0 Å². The molecule has 0 heterocycles. The van der Waals surface area contributed by atoms with E-state index in [9.17, 15) is 0 Å². The molecule has 2 aliphatic carbocycles. The Balaban J connectivity index is 2.15. The summed E-state index contributed by atoms with van der Waals surface area (Å²) in [5, 5.41) is 0. The van der Waals surface area contributed by atoms with Crippen LogP contribution in [-0.2, 0) is 0 Å². The molecule has 0 aromatic heterocycles. The topological polar surface area (TPSA) is 0 Å². The third kappa shape index (κ3) is 0.900. The van der Waals surface area contributed by atoms with E-state index in [4.69, 9.17) is 0 Å². The molecule has 0 nitrogen and oxygen atoms in total. The molecule has 2 aliphatic rings. The van der Waals surface area contributed by atoms with Crippen molar-refractivity contribution in [1.82, 2.24) is 0 Å². The van der Waals surface area contributed by atoms with Crippen molar-refractivity contribution in [3.05, 3.63) is 0 Å². The first kappa shape index (κ1) is 6.66. The minimum absolute atomic E-state index is 0.774. The SMILES string of the molecule is Br[C@@H]1[C@H]2CC[C@@H](C2)[C@H]1Br. The lowest BCUT2D eigenvalue weighted by atomic mass is 10.0. The zero-order valence-corrected chi connectivity index (χ0v) is 8.36. The Morgan fingerprint density at radius 2 is 1.33 bits per heavy atom. The van der Waals surface area contributed by atoms with Gasteiger partial charge in [-0.25, -0.2) is 0 Å². The predicted octanol–water partition coefficient (Wildman–Crippen LogP) is 2.94. The van der Waals surface area contributed by atoms with Crippen molar-refractivity contribution >= 4 is 31.9 Å². The molecule has 0 unspecified atom stereocenters. The molecule has 2 fully saturated rings. The van der Waals surface area contributed by atoms with Crippen molar-refractivity contribution in [2.75, 3.05) is 0 Å². The van der Waals surface area contributed by atoms with E-state index in [1.165, 1.54) is 19.3 Å². The summed E-state index contributed by atoms with van der Waals surface area (Å²) in [5.74, 6) is 1.97. The minimum atomic E-state index is 0.774. The highest BCUT2D eigenvalue weighted by Crippen LogP contribution is 2.50. The zero-order chi connectivity index (χ0) is 6.43. The second-order valence-electron chi connectivity index (χ2n) is 3.22. The van der Waals surface area contributed by atoms with Gasteiger partial charge in [0, 0.05) is 9.65 Å². The summed E-state index contributed by atoms with van der Waals surface area (Å²) in [7, 11) is 0. The molecule has 2 saturated carbocycles. The van der Waals surface area contributed by atoms with Gasteiger partial charge in [0.05, 0.1) is 0 Å². The van der Waals surface area contributed by atoms with Crippen LogP contribution in [0, 0.1) is 11.8 Å². The van der Waals surface area contributed by atoms with Gasteiger partial charge >= 0.3 is 0 Å². The Morgan fingerprint density at radius 3 is 1.56 bits per heavy atom. The third-order valence-electron chi connectivity index (χ3n) is 2.72. The third-order valence-corrected chi connectivity index (χ3v) is 6.06. The predicted molar refractivity (Wildman–Crippen MR) is 46.3 cm³/mol. The minimum Gasteiger partial charge on any atom is -0.0875 e. The van der Waals surface area contributed by atoms with E-state index in [0.717, 1.165) is 21.5 Å². The summed E-state index contributed by atoms with van der Waals surface area (Å²) in [6, 6.07) is 0. The molecule has 0 saturated heterocycles. The van der Waals surface area contributed by atoms with Crippen LogP contribution < -0.4 is 0 Å². The number of halogens is 2. The second kappa shape index (κ2) is 2.23. The maximum atomic E-state index is 3.71. The molecular formula is C7H10Br2. The van der Waals surface area contributed by atoms with Crippen LogP contribution in [0.1, 0.15) is 19.3 Å². The largest absolute Gasteiger partial charge is 0.0875 e. The standard InChI is InChI=1S/C7H10Br2/c8-6-4-1-2-5(3-4)7(6)9/h4-7H,1-3H2/t4-,5-,6+,7+/m0/s1. The second-order valence-corrected chi connectivity index (χ2v) is 5.34. The van der Waals surface area contributed by atoms with E-state index < -0.39 is 0 Å². The zero-order valence-electron chi connectivity index (χ0n) is 5.19. The Morgan fingerprint density at radius 1 is 0.889 bits per heavy atom. The highest BCUT2D eigenvalue weighted by atomic mass is 79.9. The summed E-state index contributed by atoms with van der Waals surface area (Å²) >= 11 is 7.43. The van der Waals surface area contributed by atoms with Crippen LogP contribution in [-0.4, -0.2) is 9.65 Å². The summed E-state index contributed by atoms with van der Waals surface area (Å²) < 4.78 is 0. The lowest BCUT2D eigenvalue weighted by molar-refractivity contribution is 0.514. The molecule has 0 N–H and O–H groups in total. The molecule has 0 aromatic carbocycles. The number of alkyl halides is 2. The molecule has 2 bridgehead atoms. The van der Waals surface area contributed by atoms with Gasteiger partial charge in [0.1, 0.15) is 0 Å². The fourth-order valence-electron chi connectivity index (χ4n) is 2.15. The van der Waals surface area contributed by atoms with Gasteiger partial charge in [-0.05, 0) is 31.1 Å². The van der Waals surface area contributed by atoms with Crippen LogP contribution >= 0.6 is 31.9 Å². The van der Waals surface area contributed by atoms with E-state index in [1.54, 1.807) is 0 Å². The quantitative estimate of drug-likeness (QED) is 0.583. The normalized spacial score (nSPS) is 56.7. The summed E-state index contributed by atoms with van der Waals surface area (Å²) in [4.78, 5) is 1.55.